The molecule has 22 heavy (non-hydrogen) atoms. The van der Waals surface area contributed by atoms with Crippen molar-refractivity contribution in [1.29, 1.82) is 0 Å². The van der Waals surface area contributed by atoms with E-state index in [1.165, 1.54) is 12.1 Å². The molecule has 0 radical (unpaired) electrons. The molecule has 3 aromatic rings. The Hall–Kier alpha value is -3.02. The molecule has 5 nitrogen and oxygen atoms in total. The van der Waals surface area contributed by atoms with Crippen molar-refractivity contribution in [3.63, 3.8) is 0 Å². The predicted octanol–water partition coefficient (Wildman–Crippen LogP) is 3.27. The average molecular weight is 298 g/mol. The maximum atomic E-state index is 12.9. The lowest BCUT2D eigenvalue weighted by molar-refractivity contribution is 0.112. The number of carbonyl (C=O) groups is 1. The first-order chi connectivity index (χ1) is 10.7. The Morgan fingerprint density at radius 2 is 1.82 bits per heavy atom. The van der Waals surface area contributed by atoms with Gasteiger partial charge in [0.05, 0.1) is 0 Å². The van der Waals surface area contributed by atoms with Crippen LogP contribution in [0.15, 0.2) is 53.1 Å². The maximum absolute atomic E-state index is 12.9. The zero-order chi connectivity index (χ0) is 15.4. The number of hydrogen-bond acceptors (Lipinski definition) is 5. The summed E-state index contributed by atoms with van der Waals surface area (Å²) in [5.74, 6) is 0.943. The average Bonchev–Trinajstić information content (AvgIpc) is 3.03. The fourth-order valence-corrected chi connectivity index (χ4v) is 1.81. The number of rotatable bonds is 5. The second kappa shape index (κ2) is 6.17. The van der Waals surface area contributed by atoms with Gasteiger partial charge in [-0.1, -0.05) is 5.16 Å². The lowest BCUT2D eigenvalue weighted by Crippen LogP contribution is -1.97. The Labute approximate surface area is 125 Å². The van der Waals surface area contributed by atoms with Crippen molar-refractivity contribution in [3.8, 4) is 17.2 Å². The summed E-state index contributed by atoms with van der Waals surface area (Å²) in [6, 6.07) is 12.5. The van der Waals surface area contributed by atoms with Crippen LogP contribution in [0.5, 0.6) is 5.75 Å². The summed E-state index contributed by atoms with van der Waals surface area (Å²) in [4.78, 5) is 14.7. The van der Waals surface area contributed by atoms with E-state index >= 15 is 0 Å². The largest absolute Gasteiger partial charge is 0.485 e. The van der Waals surface area contributed by atoms with Crippen LogP contribution in [0.1, 0.15) is 16.2 Å². The molecule has 0 fully saturated rings. The van der Waals surface area contributed by atoms with E-state index in [0.29, 0.717) is 28.6 Å². The molecule has 3 rings (SSSR count). The van der Waals surface area contributed by atoms with E-state index in [1.807, 2.05) is 0 Å². The molecule has 0 saturated heterocycles. The van der Waals surface area contributed by atoms with Gasteiger partial charge in [-0.05, 0) is 48.5 Å². The normalized spacial score (nSPS) is 10.4. The Morgan fingerprint density at radius 1 is 1.09 bits per heavy atom. The SMILES string of the molecule is O=Cc1ccc(OCc2noc(-c3ccc(F)cc3)n2)cc1. The Bertz CT molecular complexity index is 767. The summed E-state index contributed by atoms with van der Waals surface area (Å²) in [7, 11) is 0. The molecule has 0 aliphatic carbocycles. The number of carbonyl (C=O) groups excluding carboxylic acids is 1. The van der Waals surface area contributed by atoms with Crippen molar-refractivity contribution in [1.82, 2.24) is 10.1 Å². The standard InChI is InChI=1S/C16H11FN2O3/c17-13-5-3-12(4-6-13)16-18-15(19-22-16)10-21-14-7-1-11(9-20)2-8-14/h1-9H,10H2. The topological polar surface area (TPSA) is 65.2 Å². The quantitative estimate of drug-likeness (QED) is 0.676. The van der Waals surface area contributed by atoms with Crippen LogP contribution in [-0.2, 0) is 6.61 Å². The monoisotopic (exact) mass is 298 g/mol. The zero-order valence-corrected chi connectivity index (χ0v) is 11.4. The molecular weight excluding hydrogens is 287 g/mol. The fraction of sp³-hybridized carbons (Fsp3) is 0.0625. The maximum Gasteiger partial charge on any atom is 0.258 e. The van der Waals surface area contributed by atoms with Crippen LogP contribution in [0, 0.1) is 5.82 Å². The highest BCUT2D eigenvalue weighted by Crippen LogP contribution is 2.18. The van der Waals surface area contributed by atoms with E-state index in [9.17, 15) is 9.18 Å². The number of aromatic nitrogens is 2. The Kier molecular flexibility index (Phi) is 3.91. The van der Waals surface area contributed by atoms with Crippen LogP contribution in [0.25, 0.3) is 11.5 Å². The number of hydrogen-bond donors (Lipinski definition) is 0. The van der Waals surface area contributed by atoms with Gasteiger partial charge in [0.25, 0.3) is 5.89 Å². The van der Waals surface area contributed by atoms with Crippen LogP contribution in [0.3, 0.4) is 0 Å². The third-order valence-corrected chi connectivity index (χ3v) is 2.94. The predicted molar refractivity (Wildman–Crippen MR) is 75.9 cm³/mol. The molecule has 0 spiro atoms. The smallest absolute Gasteiger partial charge is 0.258 e. The van der Waals surface area contributed by atoms with Crippen LogP contribution in [0.4, 0.5) is 4.39 Å². The minimum Gasteiger partial charge on any atom is -0.485 e. The minimum atomic E-state index is -0.328. The highest BCUT2D eigenvalue weighted by atomic mass is 19.1. The molecule has 0 N–H and O–H groups in total. The molecule has 0 aliphatic heterocycles. The molecule has 0 atom stereocenters. The number of benzene rings is 2. The van der Waals surface area contributed by atoms with Crippen LogP contribution < -0.4 is 4.74 Å². The van der Waals surface area contributed by atoms with E-state index in [-0.39, 0.29) is 12.4 Å². The van der Waals surface area contributed by atoms with Gasteiger partial charge in [-0.25, -0.2) is 4.39 Å². The lowest BCUT2D eigenvalue weighted by Gasteiger charge is -2.02. The van der Waals surface area contributed by atoms with Crippen LogP contribution in [0.2, 0.25) is 0 Å². The van der Waals surface area contributed by atoms with Gasteiger partial charge in [0, 0.05) is 11.1 Å². The van der Waals surface area contributed by atoms with Gasteiger partial charge < -0.3 is 9.26 Å². The highest BCUT2D eigenvalue weighted by molar-refractivity contribution is 5.74. The van der Waals surface area contributed by atoms with Crippen molar-refractivity contribution in [3.05, 3.63) is 65.7 Å². The van der Waals surface area contributed by atoms with Gasteiger partial charge in [-0.15, -0.1) is 0 Å². The minimum absolute atomic E-state index is 0.130. The van der Waals surface area contributed by atoms with Crippen LogP contribution >= 0.6 is 0 Å². The van der Waals surface area contributed by atoms with E-state index < -0.39 is 0 Å². The van der Waals surface area contributed by atoms with E-state index in [1.54, 1.807) is 36.4 Å². The summed E-state index contributed by atoms with van der Waals surface area (Å²) in [6.07, 6.45) is 0.762. The molecule has 0 amide bonds. The zero-order valence-electron chi connectivity index (χ0n) is 11.4. The number of aldehydes is 1. The highest BCUT2D eigenvalue weighted by Gasteiger charge is 2.09. The molecule has 0 bridgehead atoms. The summed E-state index contributed by atoms with van der Waals surface area (Å²) in [6.45, 7) is 0.130. The van der Waals surface area contributed by atoms with E-state index in [0.717, 1.165) is 6.29 Å². The molecule has 0 unspecified atom stereocenters. The Morgan fingerprint density at radius 3 is 2.50 bits per heavy atom. The van der Waals surface area contributed by atoms with Crippen molar-refractivity contribution in [2.24, 2.45) is 0 Å². The first kappa shape index (κ1) is 13.9. The van der Waals surface area contributed by atoms with E-state index in [2.05, 4.69) is 10.1 Å². The lowest BCUT2D eigenvalue weighted by atomic mass is 10.2. The fourth-order valence-electron chi connectivity index (χ4n) is 1.81. The van der Waals surface area contributed by atoms with Crippen molar-refractivity contribution in [2.45, 2.75) is 6.61 Å². The van der Waals surface area contributed by atoms with Crippen molar-refractivity contribution < 1.29 is 18.4 Å². The Balaban J connectivity index is 1.66. The van der Waals surface area contributed by atoms with Gasteiger partial charge in [0.1, 0.15) is 17.9 Å². The molecule has 110 valence electrons. The van der Waals surface area contributed by atoms with Gasteiger partial charge >= 0.3 is 0 Å². The van der Waals surface area contributed by atoms with Crippen LogP contribution in [-0.4, -0.2) is 16.4 Å². The number of ether oxygens (including phenoxy) is 1. The summed E-state index contributed by atoms with van der Waals surface area (Å²) >= 11 is 0. The summed E-state index contributed by atoms with van der Waals surface area (Å²) in [5.41, 5.74) is 1.21. The third kappa shape index (κ3) is 3.17. The summed E-state index contributed by atoms with van der Waals surface area (Å²) in [5, 5.41) is 3.80. The molecule has 1 heterocycles. The summed E-state index contributed by atoms with van der Waals surface area (Å²) < 4.78 is 23.5. The second-order valence-electron chi connectivity index (χ2n) is 4.50. The molecular formula is C16H11FN2O3. The molecule has 1 aromatic heterocycles. The number of halogens is 1. The van der Waals surface area contributed by atoms with E-state index in [4.69, 9.17) is 9.26 Å². The molecule has 0 saturated carbocycles. The van der Waals surface area contributed by atoms with Gasteiger partial charge in [-0.2, -0.15) is 4.98 Å². The van der Waals surface area contributed by atoms with Crippen molar-refractivity contribution >= 4 is 6.29 Å². The van der Waals surface area contributed by atoms with Gasteiger partial charge in [0.2, 0.25) is 5.82 Å². The van der Waals surface area contributed by atoms with Gasteiger partial charge in [-0.3, -0.25) is 4.79 Å². The molecule has 0 aliphatic rings. The number of nitrogens with zero attached hydrogens (tertiary/aromatic N) is 2. The molecule has 6 heteroatoms. The third-order valence-electron chi connectivity index (χ3n) is 2.94. The van der Waals surface area contributed by atoms with Gasteiger partial charge in [0.15, 0.2) is 6.61 Å². The first-order valence-corrected chi connectivity index (χ1v) is 6.51. The second-order valence-corrected chi connectivity index (χ2v) is 4.50. The molecule has 2 aromatic carbocycles. The van der Waals surface area contributed by atoms with Crippen molar-refractivity contribution in [2.75, 3.05) is 0 Å². The first-order valence-electron chi connectivity index (χ1n) is 6.51.